The summed E-state index contributed by atoms with van der Waals surface area (Å²) in [5.74, 6) is 0.915. The third-order valence-corrected chi connectivity index (χ3v) is 2.40. The first kappa shape index (κ1) is 11.9. The van der Waals surface area contributed by atoms with Crippen molar-refractivity contribution in [2.45, 2.75) is 40.0 Å². The van der Waals surface area contributed by atoms with Gasteiger partial charge in [0.25, 0.3) is 0 Å². The van der Waals surface area contributed by atoms with Crippen LogP contribution in [0.15, 0.2) is 18.3 Å². The van der Waals surface area contributed by atoms with E-state index in [1.54, 1.807) is 12.3 Å². The van der Waals surface area contributed by atoms with Crippen LogP contribution < -0.4 is 0 Å². The number of hydrogen-bond donors (Lipinski definition) is 0. The predicted molar refractivity (Wildman–Crippen MR) is 62.0 cm³/mol. The molecule has 0 aliphatic rings. The van der Waals surface area contributed by atoms with E-state index in [1.165, 1.54) is 0 Å². The zero-order chi connectivity index (χ0) is 11.3. The van der Waals surface area contributed by atoms with Gasteiger partial charge < -0.3 is 0 Å². The molecule has 0 aliphatic carbocycles. The average molecular weight is 205 g/mol. The Morgan fingerprint density at radius 3 is 2.80 bits per heavy atom. The highest BCUT2D eigenvalue weighted by Gasteiger charge is 2.06. The molecule has 0 fully saturated rings. The van der Waals surface area contributed by atoms with Gasteiger partial charge in [0, 0.05) is 23.9 Å². The lowest BCUT2D eigenvalue weighted by molar-refractivity contribution is 0.0978. The van der Waals surface area contributed by atoms with E-state index in [4.69, 9.17) is 0 Å². The summed E-state index contributed by atoms with van der Waals surface area (Å²) in [7, 11) is 0. The lowest BCUT2D eigenvalue weighted by atomic mass is 10.0. The molecule has 0 spiro atoms. The van der Waals surface area contributed by atoms with Gasteiger partial charge >= 0.3 is 0 Å². The topological polar surface area (TPSA) is 30.0 Å². The van der Waals surface area contributed by atoms with Crippen molar-refractivity contribution < 1.29 is 4.79 Å². The Morgan fingerprint density at radius 1 is 1.47 bits per heavy atom. The summed E-state index contributed by atoms with van der Waals surface area (Å²) in [4.78, 5) is 15.8. The highest BCUT2D eigenvalue weighted by atomic mass is 16.1. The number of nitrogens with zero attached hydrogens (tertiary/aromatic N) is 1. The molecule has 0 radical (unpaired) electrons. The van der Waals surface area contributed by atoms with Crippen molar-refractivity contribution in [1.29, 1.82) is 0 Å². The third-order valence-electron chi connectivity index (χ3n) is 2.40. The largest absolute Gasteiger partial charge is 0.294 e. The summed E-state index contributed by atoms with van der Waals surface area (Å²) < 4.78 is 0. The molecule has 0 unspecified atom stereocenters. The van der Waals surface area contributed by atoms with Crippen LogP contribution in [0.2, 0.25) is 0 Å². The molecule has 0 saturated carbocycles. The van der Waals surface area contributed by atoms with Crippen molar-refractivity contribution in [3.63, 3.8) is 0 Å². The van der Waals surface area contributed by atoms with Gasteiger partial charge in [0.2, 0.25) is 0 Å². The summed E-state index contributed by atoms with van der Waals surface area (Å²) in [6.45, 7) is 6.27. The van der Waals surface area contributed by atoms with Crippen molar-refractivity contribution in [3.05, 3.63) is 29.6 Å². The van der Waals surface area contributed by atoms with Crippen LogP contribution in [0, 0.1) is 12.8 Å². The number of carbonyl (C=O) groups is 1. The monoisotopic (exact) mass is 205 g/mol. The van der Waals surface area contributed by atoms with Gasteiger partial charge in [0.05, 0.1) is 0 Å². The minimum atomic E-state index is 0.237. The molecule has 2 nitrogen and oxygen atoms in total. The van der Waals surface area contributed by atoms with Crippen molar-refractivity contribution in [2.24, 2.45) is 5.92 Å². The number of aromatic nitrogens is 1. The number of pyridine rings is 1. The van der Waals surface area contributed by atoms with E-state index < -0.39 is 0 Å². The SMILES string of the molecule is Cc1cc(C(=O)CCCC(C)C)ccn1. The highest BCUT2D eigenvalue weighted by molar-refractivity contribution is 5.95. The predicted octanol–water partition coefficient (Wildman–Crippen LogP) is 3.40. The van der Waals surface area contributed by atoms with Gasteiger partial charge in [-0.25, -0.2) is 0 Å². The molecule has 1 aromatic rings. The van der Waals surface area contributed by atoms with E-state index in [0.29, 0.717) is 12.3 Å². The van der Waals surface area contributed by atoms with Crippen LogP contribution in [0.3, 0.4) is 0 Å². The number of hydrogen-bond acceptors (Lipinski definition) is 2. The first-order valence-electron chi connectivity index (χ1n) is 5.55. The standard InChI is InChI=1S/C13H19NO/c1-10(2)5-4-6-13(15)12-7-8-14-11(3)9-12/h7-10H,4-6H2,1-3H3. The van der Waals surface area contributed by atoms with Gasteiger partial charge in [-0.05, 0) is 31.4 Å². The zero-order valence-corrected chi connectivity index (χ0v) is 9.79. The van der Waals surface area contributed by atoms with E-state index in [0.717, 1.165) is 24.1 Å². The molecule has 0 atom stereocenters. The van der Waals surface area contributed by atoms with E-state index in [9.17, 15) is 4.79 Å². The Labute approximate surface area is 91.7 Å². The van der Waals surface area contributed by atoms with Gasteiger partial charge in [-0.15, -0.1) is 0 Å². The summed E-state index contributed by atoms with van der Waals surface area (Å²) in [6.07, 6.45) is 4.46. The second-order valence-corrected chi connectivity index (χ2v) is 4.40. The Bertz CT molecular complexity index is 331. The van der Waals surface area contributed by atoms with E-state index in [1.807, 2.05) is 13.0 Å². The number of rotatable bonds is 5. The normalized spacial score (nSPS) is 10.7. The van der Waals surface area contributed by atoms with Crippen LogP contribution in [-0.4, -0.2) is 10.8 Å². The maximum Gasteiger partial charge on any atom is 0.162 e. The van der Waals surface area contributed by atoms with E-state index in [2.05, 4.69) is 18.8 Å². The molecule has 0 saturated heterocycles. The number of aryl methyl sites for hydroxylation is 1. The first-order chi connectivity index (χ1) is 7.09. The minimum absolute atomic E-state index is 0.237. The Kier molecular flexibility index (Phi) is 4.47. The highest BCUT2D eigenvalue weighted by Crippen LogP contribution is 2.11. The lowest BCUT2D eigenvalue weighted by Crippen LogP contribution is -2.01. The molecule has 2 heteroatoms. The molecule has 1 heterocycles. The minimum Gasteiger partial charge on any atom is -0.294 e. The first-order valence-corrected chi connectivity index (χ1v) is 5.55. The van der Waals surface area contributed by atoms with Crippen LogP contribution in [0.25, 0.3) is 0 Å². The zero-order valence-electron chi connectivity index (χ0n) is 9.79. The molecular formula is C13H19NO. The van der Waals surface area contributed by atoms with Crippen molar-refractivity contribution >= 4 is 5.78 Å². The van der Waals surface area contributed by atoms with Gasteiger partial charge in [-0.2, -0.15) is 0 Å². The van der Waals surface area contributed by atoms with E-state index in [-0.39, 0.29) is 5.78 Å². The molecule has 0 aliphatic heterocycles. The summed E-state index contributed by atoms with van der Waals surface area (Å²) in [6, 6.07) is 3.66. The smallest absolute Gasteiger partial charge is 0.162 e. The fourth-order valence-corrected chi connectivity index (χ4v) is 1.53. The maximum atomic E-state index is 11.8. The third kappa shape index (κ3) is 4.24. The van der Waals surface area contributed by atoms with Gasteiger partial charge in [-0.3, -0.25) is 9.78 Å². The molecule has 0 aromatic carbocycles. The Morgan fingerprint density at radius 2 is 2.20 bits per heavy atom. The average Bonchev–Trinajstić information content (AvgIpc) is 2.17. The van der Waals surface area contributed by atoms with E-state index >= 15 is 0 Å². The second-order valence-electron chi connectivity index (χ2n) is 4.40. The number of ketones is 1. The second kappa shape index (κ2) is 5.64. The Balaban J connectivity index is 2.47. The molecule has 0 amide bonds. The number of carbonyl (C=O) groups excluding carboxylic acids is 1. The van der Waals surface area contributed by atoms with Gasteiger partial charge in [-0.1, -0.05) is 20.3 Å². The molecule has 0 N–H and O–H groups in total. The quantitative estimate of drug-likeness (QED) is 0.689. The van der Waals surface area contributed by atoms with Crippen molar-refractivity contribution in [3.8, 4) is 0 Å². The maximum absolute atomic E-state index is 11.8. The fraction of sp³-hybridized carbons (Fsp3) is 0.538. The van der Waals surface area contributed by atoms with Gasteiger partial charge in [0.15, 0.2) is 5.78 Å². The van der Waals surface area contributed by atoms with Crippen LogP contribution in [0.1, 0.15) is 49.2 Å². The van der Waals surface area contributed by atoms with Crippen LogP contribution in [0.4, 0.5) is 0 Å². The molecule has 1 aromatic heterocycles. The number of Topliss-reactive ketones (excluding diaryl/α,β-unsaturated/α-hetero) is 1. The molecule has 0 bridgehead atoms. The molecule has 15 heavy (non-hydrogen) atoms. The lowest BCUT2D eigenvalue weighted by Gasteiger charge is -2.04. The summed E-state index contributed by atoms with van der Waals surface area (Å²) >= 11 is 0. The van der Waals surface area contributed by atoms with Gasteiger partial charge in [0.1, 0.15) is 0 Å². The van der Waals surface area contributed by atoms with Crippen LogP contribution in [0.5, 0.6) is 0 Å². The Hall–Kier alpha value is -1.18. The molecule has 82 valence electrons. The molecular weight excluding hydrogens is 186 g/mol. The fourth-order valence-electron chi connectivity index (χ4n) is 1.53. The summed E-state index contributed by atoms with van der Waals surface area (Å²) in [5.41, 5.74) is 1.70. The van der Waals surface area contributed by atoms with Crippen LogP contribution in [-0.2, 0) is 0 Å². The van der Waals surface area contributed by atoms with Crippen molar-refractivity contribution in [2.75, 3.05) is 0 Å². The molecule has 1 rings (SSSR count). The van der Waals surface area contributed by atoms with Crippen LogP contribution >= 0.6 is 0 Å². The summed E-state index contributed by atoms with van der Waals surface area (Å²) in [5, 5.41) is 0. The van der Waals surface area contributed by atoms with Crippen molar-refractivity contribution in [1.82, 2.24) is 4.98 Å².